The fourth-order valence-electron chi connectivity index (χ4n) is 2.76. The van der Waals surface area contributed by atoms with Crippen molar-refractivity contribution >= 4 is 60.8 Å². The third-order valence-electron chi connectivity index (χ3n) is 4.18. The van der Waals surface area contributed by atoms with Gasteiger partial charge < -0.3 is 5.32 Å². The van der Waals surface area contributed by atoms with Crippen molar-refractivity contribution in [2.45, 2.75) is 17.0 Å². The molecule has 0 saturated heterocycles. The van der Waals surface area contributed by atoms with Gasteiger partial charge in [0, 0.05) is 21.5 Å². The Morgan fingerprint density at radius 2 is 1.93 bits per heavy atom. The molecule has 4 aromatic rings. The molecule has 6 heteroatoms. The number of benzene rings is 3. The first-order chi connectivity index (χ1) is 13.6. The van der Waals surface area contributed by atoms with Gasteiger partial charge in [0.05, 0.1) is 10.2 Å². The molecule has 0 unspecified atom stereocenters. The fraction of sp³-hybridized carbons (Fsp3) is 0.0909. The first-order valence-electron chi connectivity index (χ1n) is 8.73. The van der Waals surface area contributed by atoms with Gasteiger partial charge in [0.1, 0.15) is 0 Å². The molecule has 4 rings (SSSR count). The van der Waals surface area contributed by atoms with Crippen LogP contribution in [0.15, 0.2) is 75.5 Å². The molecule has 1 heterocycles. The summed E-state index contributed by atoms with van der Waals surface area (Å²) < 4.78 is 3.18. The van der Waals surface area contributed by atoms with Crippen LogP contribution in [-0.4, -0.2) is 10.9 Å². The summed E-state index contributed by atoms with van der Waals surface area (Å²) in [7, 11) is 0. The van der Waals surface area contributed by atoms with Crippen molar-refractivity contribution in [3.8, 4) is 0 Å². The van der Waals surface area contributed by atoms with E-state index in [-0.39, 0.29) is 5.91 Å². The first-order valence-corrected chi connectivity index (χ1v) is 11.3. The predicted molar refractivity (Wildman–Crippen MR) is 122 cm³/mol. The third-order valence-corrected chi connectivity index (χ3v) is 6.94. The van der Waals surface area contributed by atoms with Crippen molar-refractivity contribution in [3.63, 3.8) is 0 Å². The molecule has 1 N–H and O–H groups in total. The predicted octanol–water partition coefficient (Wildman–Crippen LogP) is 6.91. The van der Waals surface area contributed by atoms with E-state index in [4.69, 9.17) is 4.98 Å². The maximum atomic E-state index is 12.5. The molecule has 0 bridgehead atoms. The number of thioether (sulfide) groups is 1. The summed E-state index contributed by atoms with van der Waals surface area (Å²) >= 11 is 6.84. The second-order valence-corrected chi connectivity index (χ2v) is 9.57. The number of anilines is 1. The number of nitrogens with zero attached hydrogens (tertiary/aromatic N) is 1. The van der Waals surface area contributed by atoms with E-state index in [0.717, 1.165) is 36.0 Å². The Morgan fingerprint density at radius 3 is 2.71 bits per heavy atom. The second-order valence-electron chi connectivity index (χ2n) is 6.40. The molecule has 0 aliphatic rings. The number of fused-ring (bicyclic) bond motifs is 1. The zero-order chi connectivity index (χ0) is 19.5. The molecule has 0 atom stereocenters. The van der Waals surface area contributed by atoms with E-state index >= 15 is 0 Å². The van der Waals surface area contributed by atoms with Crippen LogP contribution < -0.4 is 5.32 Å². The number of carbonyl (C=O) groups is 1. The molecular weight excluding hydrogens is 452 g/mol. The summed E-state index contributed by atoms with van der Waals surface area (Å²) in [6, 6.07) is 21.8. The summed E-state index contributed by atoms with van der Waals surface area (Å²) in [5.41, 5.74) is 4.73. The van der Waals surface area contributed by atoms with Crippen molar-refractivity contribution in [3.05, 3.63) is 87.9 Å². The van der Waals surface area contributed by atoms with E-state index in [0.29, 0.717) is 5.56 Å². The van der Waals surface area contributed by atoms with E-state index in [1.807, 2.05) is 49.4 Å². The molecule has 0 radical (unpaired) electrons. The number of aromatic nitrogens is 1. The lowest BCUT2D eigenvalue weighted by atomic mass is 10.1. The average Bonchev–Trinajstić information content (AvgIpc) is 3.10. The standard InChI is InChI=1S/C22H17BrN2OS2/c1-14-3-2-4-16(11-14)21(26)24-18-9-10-19-20(12-18)28-22(25-19)27-13-15-5-7-17(23)8-6-15/h2-12H,13H2,1H3,(H,24,26). The van der Waals surface area contributed by atoms with E-state index in [1.54, 1.807) is 23.1 Å². The van der Waals surface area contributed by atoms with Crippen LogP contribution in [0.5, 0.6) is 0 Å². The highest BCUT2D eigenvalue weighted by molar-refractivity contribution is 9.10. The molecule has 0 aliphatic carbocycles. The lowest BCUT2D eigenvalue weighted by molar-refractivity contribution is 0.102. The lowest BCUT2D eigenvalue weighted by Crippen LogP contribution is -2.11. The largest absolute Gasteiger partial charge is 0.322 e. The molecule has 0 aliphatic heterocycles. The van der Waals surface area contributed by atoms with Crippen LogP contribution >= 0.6 is 39.0 Å². The molecule has 3 aromatic carbocycles. The van der Waals surface area contributed by atoms with Gasteiger partial charge in [-0.2, -0.15) is 0 Å². The number of rotatable bonds is 5. The van der Waals surface area contributed by atoms with Gasteiger partial charge >= 0.3 is 0 Å². The first kappa shape index (κ1) is 19.2. The molecule has 140 valence electrons. The van der Waals surface area contributed by atoms with Crippen LogP contribution in [0.25, 0.3) is 10.2 Å². The lowest BCUT2D eigenvalue weighted by Gasteiger charge is -2.05. The fourth-order valence-corrected chi connectivity index (χ4v) is 5.09. The molecule has 1 aromatic heterocycles. The van der Waals surface area contributed by atoms with Gasteiger partial charge in [-0.1, -0.05) is 57.5 Å². The zero-order valence-electron chi connectivity index (χ0n) is 15.1. The number of thiazole rings is 1. The van der Waals surface area contributed by atoms with Crippen LogP contribution in [0.4, 0.5) is 5.69 Å². The molecule has 0 fully saturated rings. The highest BCUT2D eigenvalue weighted by atomic mass is 79.9. The summed E-state index contributed by atoms with van der Waals surface area (Å²) in [5, 5.41) is 2.98. The minimum Gasteiger partial charge on any atom is -0.322 e. The van der Waals surface area contributed by atoms with Crippen molar-refractivity contribution in [1.82, 2.24) is 4.98 Å². The summed E-state index contributed by atoms with van der Waals surface area (Å²) in [5.74, 6) is 0.779. The van der Waals surface area contributed by atoms with Crippen LogP contribution in [-0.2, 0) is 5.75 Å². The van der Waals surface area contributed by atoms with Gasteiger partial charge in [-0.25, -0.2) is 4.98 Å². The Kier molecular flexibility index (Phi) is 5.80. The zero-order valence-corrected chi connectivity index (χ0v) is 18.3. The second kappa shape index (κ2) is 8.47. The summed E-state index contributed by atoms with van der Waals surface area (Å²) in [6.07, 6.45) is 0. The van der Waals surface area contributed by atoms with Gasteiger partial charge in [-0.15, -0.1) is 11.3 Å². The Hall–Kier alpha value is -2.15. The molecule has 3 nitrogen and oxygen atoms in total. The Balaban J connectivity index is 1.46. The maximum Gasteiger partial charge on any atom is 0.255 e. The number of hydrogen-bond donors (Lipinski definition) is 1. The number of carbonyl (C=O) groups excluding carboxylic acids is 1. The van der Waals surface area contributed by atoms with Crippen molar-refractivity contribution in [2.75, 3.05) is 5.32 Å². The third kappa shape index (κ3) is 4.63. The SMILES string of the molecule is Cc1cccc(C(=O)Nc2ccc3nc(SCc4ccc(Br)cc4)sc3c2)c1. The van der Waals surface area contributed by atoms with Gasteiger partial charge in [0.2, 0.25) is 0 Å². The van der Waals surface area contributed by atoms with E-state index in [2.05, 4.69) is 45.5 Å². The number of amides is 1. The molecule has 28 heavy (non-hydrogen) atoms. The normalized spacial score (nSPS) is 10.9. The molecule has 0 spiro atoms. The molecular formula is C22H17BrN2OS2. The topological polar surface area (TPSA) is 42.0 Å². The summed E-state index contributed by atoms with van der Waals surface area (Å²) in [6.45, 7) is 1.98. The van der Waals surface area contributed by atoms with Crippen LogP contribution in [0.1, 0.15) is 21.5 Å². The van der Waals surface area contributed by atoms with Crippen molar-refractivity contribution < 1.29 is 4.79 Å². The average molecular weight is 469 g/mol. The Bertz CT molecular complexity index is 1140. The number of aryl methyl sites for hydroxylation is 1. The van der Waals surface area contributed by atoms with Gasteiger partial charge in [-0.3, -0.25) is 4.79 Å². The number of halogens is 1. The number of nitrogens with one attached hydrogen (secondary N) is 1. The van der Waals surface area contributed by atoms with E-state index in [1.165, 1.54) is 5.56 Å². The van der Waals surface area contributed by atoms with Crippen LogP contribution in [0, 0.1) is 6.92 Å². The highest BCUT2D eigenvalue weighted by Crippen LogP contribution is 2.33. The quantitative estimate of drug-likeness (QED) is 0.323. The molecule has 0 saturated carbocycles. The van der Waals surface area contributed by atoms with Crippen molar-refractivity contribution in [2.24, 2.45) is 0 Å². The smallest absolute Gasteiger partial charge is 0.255 e. The van der Waals surface area contributed by atoms with Crippen molar-refractivity contribution in [1.29, 1.82) is 0 Å². The Labute approximate surface area is 180 Å². The Morgan fingerprint density at radius 1 is 1.11 bits per heavy atom. The van der Waals surface area contributed by atoms with E-state index < -0.39 is 0 Å². The van der Waals surface area contributed by atoms with Gasteiger partial charge in [0.25, 0.3) is 5.91 Å². The van der Waals surface area contributed by atoms with E-state index in [9.17, 15) is 4.79 Å². The maximum absolute atomic E-state index is 12.5. The number of hydrogen-bond acceptors (Lipinski definition) is 4. The summed E-state index contributed by atoms with van der Waals surface area (Å²) in [4.78, 5) is 17.2. The molecule has 1 amide bonds. The highest BCUT2D eigenvalue weighted by Gasteiger charge is 2.09. The van der Waals surface area contributed by atoms with Gasteiger partial charge in [0.15, 0.2) is 4.34 Å². The minimum atomic E-state index is -0.0996. The monoisotopic (exact) mass is 468 g/mol. The van der Waals surface area contributed by atoms with Crippen LogP contribution in [0.2, 0.25) is 0 Å². The minimum absolute atomic E-state index is 0.0996. The van der Waals surface area contributed by atoms with Crippen LogP contribution in [0.3, 0.4) is 0 Å². The van der Waals surface area contributed by atoms with Gasteiger partial charge in [-0.05, 0) is 55.0 Å².